The van der Waals surface area contributed by atoms with Crippen LogP contribution < -0.4 is 10.6 Å². The molecule has 0 bridgehead atoms. The lowest BCUT2D eigenvalue weighted by Gasteiger charge is -2.19. The topological polar surface area (TPSA) is 61.4 Å². The summed E-state index contributed by atoms with van der Waals surface area (Å²) in [7, 11) is 1.77. The average molecular weight is 368 g/mol. The van der Waals surface area contributed by atoms with E-state index in [0.29, 0.717) is 6.04 Å². The van der Waals surface area contributed by atoms with Gasteiger partial charge in [-0.2, -0.15) is 0 Å². The molecule has 2 amide bonds. The van der Waals surface area contributed by atoms with Crippen molar-refractivity contribution in [2.45, 2.75) is 31.8 Å². The van der Waals surface area contributed by atoms with Crippen molar-refractivity contribution < 1.29 is 9.59 Å². The molecule has 0 aliphatic heterocycles. The van der Waals surface area contributed by atoms with Gasteiger partial charge in [-0.3, -0.25) is 14.5 Å². The summed E-state index contributed by atoms with van der Waals surface area (Å²) in [5, 5.41) is 5.86. The van der Waals surface area contributed by atoms with E-state index in [4.69, 9.17) is 0 Å². The molecular weight excluding hydrogens is 346 g/mol. The number of hydrogen-bond acceptors (Lipinski definition) is 3. The van der Waals surface area contributed by atoms with Crippen molar-refractivity contribution in [2.75, 3.05) is 20.1 Å². The molecule has 1 aromatic rings. The zero-order valence-electron chi connectivity index (χ0n) is 12.9. The van der Waals surface area contributed by atoms with Crippen LogP contribution in [0.25, 0.3) is 0 Å². The van der Waals surface area contributed by atoms with E-state index in [-0.39, 0.29) is 30.9 Å². The quantitative estimate of drug-likeness (QED) is 0.772. The molecule has 0 spiro atoms. The van der Waals surface area contributed by atoms with E-state index in [0.717, 1.165) is 22.9 Å². The summed E-state index contributed by atoms with van der Waals surface area (Å²) >= 11 is 3.39. The third-order valence-electron chi connectivity index (χ3n) is 3.52. The van der Waals surface area contributed by atoms with Gasteiger partial charge in [-0.1, -0.05) is 28.1 Å². The van der Waals surface area contributed by atoms with E-state index < -0.39 is 0 Å². The molecular formula is C16H22BrN3O2. The van der Waals surface area contributed by atoms with Crippen molar-refractivity contribution in [1.29, 1.82) is 0 Å². The van der Waals surface area contributed by atoms with Gasteiger partial charge in [0, 0.05) is 10.5 Å². The van der Waals surface area contributed by atoms with Crippen molar-refractivity contribution in [3.63, 3.8) is 0 Å². The van der Waals surface area contributed by atoms with Gasteiger partial charge in [0.05, 0.1) is 19.1 Å². The lowest BCUT2D eigenvalue weighted by Crippen LogP contribution is -2.41. The van der Waals surface area contributed by atoms with Crippen LogP contribution in [0.4, 0.5) is 0 Å². The van der Waals surface area contributed by atoms with E-state index in [9.17, 15) is 9.59 Å². The van der Waals surface area contributed by atoms with Gasteiger partial charge in [-0.05, 0) is 44.5 Å². The molecule has 22 heavy (non-hydrogen) atoms. The van der Waals surface area contributed by atoms with Crippen LogP contribution in [0.5, 0.6) is 0 Å². The second kappa shape index (κ2) is 7.74. The fourth-order valence-corrected chi connectivity index (χ4v) is 2.43. The van der Waals surface area contributed by atoms with Gasteiger partial charge in [0.1, 0.15) is 0 Å². The molecule has 1 aliphatic carbocycles. The molecule has 120 valence electrons. The van der Waals surface area contributed by atoms with E-state index in [1.807, 2.05) is 31.2 Å². The molecule has 0 saturated heterocycles. The minimum Gasteiger partial charge on any atom is -0.352 e. The molecule has 5 nitrogen and oxygen atoms in total. The summed E-state index contributed by atoms with van der Waals surface area (Å²) < 4.78 is 1.01. The van der Waals surface area contributed by atoms with Crippen LogP contribution in [0.2, 0.25) is 0 Å². The van der Waals surface area contributed by atoms with Crippen LogP contribution in [0.1, 0.15) is 31.4 Å². The van der Waals surface area contributed by atoms with Gasteiger partial charge in [0.25, 0.3) is 0 Å². The van der Waals surface area contributed by atoms with E-state index in [2.05, 4.69) is 26.6 Å². The number of carbonyl (C=O) groups excluding carboxylic acids is 2. The average Bonchev–Trinajstić information content (AvgIpc) is 3.22. The molecule has 1 aromatic carbocycles. The molecule has 6 heteroatoms. The third-order valence-corrected chi connectivity index (χ3v) is 4.05. The minimum atomic E-state index is -0.0860. The first-order valence-electron chi connectivity index (χ1n) is 7.47. The van der Waals surface area contributed by atoms with Crippen LogP contribution in [0, 0.1) is 0 Å². The van der Waals surface area contributed by atoms with Crippen molar-refractivity contribution in [1.82, 2.24) is 15.5 Å². The number of nitrogens with one attached hydrogen (secondary N) is 2. The van der Waals surface area contributed by atoms with Crippen LogP contribution in [0.15, 0.2) is 28.7 Å². The zero-order chi connectivity index (χ0) is 16.1. The van der Waals surface area contributed by atoms with Gasteiger partial charge < -0.3 is 10.6 Å². The largest absolute Gasteiger partial charge is 0.352 e. The second-order valence-corrected chi connectivity index (χ2v) is 6.77. The number of carbonyl (C=O) groups is 2. The van der Waals surface area contributed by atoms with Crippen molar-refractivity contribution in [3.05, 3.63) is 34.3 Å². The maximum Gasteiger partial charge on any atom is 0.234 e. The lowest BCUT2D eigenvalue weighted by atomic mass is 10.1. The van der Waals surface area contributed by atoms with Crippen molar-refractivity contribution >= 4 is 27.7 Å². The predicted molar refractivity (Wildman–Crippen MR) is 89.4 cm³/mol. The predicted octanol–water partition coefficient (Wildman–Crippen LogP) is 1.84. The Labute approximate surface area is 139 Å². The monoisotopic (exact) mass is 367 g/mol. The Balaban J connectivity index is 1.73. The molecule has 0 radical (unpaired) electrons. The highest BCUT2D eigenvalue weighted by Gasteiger charge is 2.23. The van der Waals surface area contributed by atoms with E-state index in [1.54, 1.807) is 11.9 Å². The van der Waals surface area contributed by atoms with Crippen LogP contribution >= 0.6 is 15.9 Å². The van der Waals surface area contributed by atoms with E-state index in [1.165, 1.54) is 0 Å². The van der Waals surface area contributed by atoms with Crippen LogP contribution in [-0.2, 0) is 9.59 Å². The van der Waals surface area contributed by atoms with Crippen molar-refractivity contribution in [3.8, 4) is 0 Å². The molecule has 0 heterocycles. The maximum absolute atomic E-state index is 12.0. The number of likely N-dealkylation sites (N-methyl/N-ethyl adjacent to an activating group) is 1. The third kappa shape index (κ3) is 5.77. The molecule has 1 saturated carbocycles. The SMILES string of the molecule is C[C@H](NC(=O)CN(C)CC(=O)NC1CC1)c1ccc(Br)cc1. The number of nitrogens with zero attached hydrogens (tertiary/aromatic N) is 1. The van der Waals surface area contributed by atoms with Gasteiger partial charge >= 0.3 is 0 Å². The Morgan fingerprint density at radius 2 is 1.82 bits per heavy atom. The molecule has 2 rings (SSSR count). The number of halogens is 1. The highest BCUT2D eigenvalue weighted by Crippen LogP contribution is 2.18. The molecule has 2 N–H and O–H groups in total. The van der Waals surface area contributed by atoms with Crippen molar-refractivity contribution in [2.24, 2.45) is 0 Å². The summed E-state index contributed by atoms with van der Waals surface area (Å²) in [5.41, 5.74) is 1.05. The first kappa shape index (κ1) is 17.0. The molecule has 1 atom stereocenters. The van der Waals surface area contributed by atoms with E-state index >= 15 is 0 Å². The first-order chi connectivity index (χ1) is 10.4. The summed E-state index contributed by atoms with van der Waals surface area (Å²) in [6.07, 6.45) is 2.14. The van der Waals surface area contributed by atoms with Gasteiger partial charge in [-0.25, -0.2) is 0 Å². The maximum atomic E-state index is 12.0. The molecule has 1 aliphatic rings. The number of amides is 2. The Kier molecular flexibility index (Phi) is 5.97. The highest BCUT2D eigenvalue weighted by molar-refractivity contribution is 9.10. The Morgan fingerprint density at radius 1 is 1.23 bits per heavy atom. The minimum absolute atomic E-state index is 0.0150. The fraction of sp³-hybridized carbons (Fsp3) is 0.500. The number of hydrogen-bond donors (Lipinski definition) is 2. The summed E-state index contributed by atoms with van der Waals surface area (Å²) in [6, 6.07) is 8.14. The summed E-state index contributed by atoms with van der Waals surface area (Å²) in [5.74, 6) is -0.101. The highest BCUT2D eigenvalue weighted by atomic mass is 79.9. The first-order valence-corrected chi connectivity index (χ1v) is 8.26. The van der Waals surface area contributed by atoms with Gasteiger partial charge in [0.15, 0.2) is 0 Å². The Morgan fingerprint density at radius 3 is 2.41 bits per heavy atom. The number of rotatable bonds is 7. The lowest BCUT2D eigenvalue weighted by molar-refractivity contribution is -0.125. The summed E-state index contributed by atoms with van der Waals surface area (Å²) in [6.45, 7) is 2.40. The standard InChI is InChI=1S/C16H22BrN3O2/c1-11(12-3-5-13(17)6-4-12)18-15(21)9-20(2)10-16(22)19-14-7-8-14/h3-6,11,14H,7-10H2,1-2H3,(H,18,21)(H,19,22)/t11-/m0/s1. The zero-order valence-corrected chi connectivity index (χ0v) is 14.5. The van der Waals surface area contributed by atoms with Crippen LogP contribution in [0.3, 0.4) is 0 Å². The second-order valence-electron chi connectivity index (χ2n) is 5.85. The molecule has 0 unspecified atom stereocenters. The normalized spacial score (nSPS) is 15.5. The molecule has 1 fully saturated rings. The summed E-state index contributed by atoms with van der Waals surface area (Å²) in [4.78, 5) is 25.4. The fourth-order valence-electron chi connectivity index (χ4n) is 2.17. The Hall–Kier alpha value is -1.40. The van der Waals surface area contributed by atoms with Crippen LogP contribution in [-0.4, -0.2) is 42.9 Å². The Bertz CT molecular complexity index is 529. The molecule has 0 aromatic heterocycles. The van der Waals surface area contributed by atoms with Gasteiger partial charge in [0.2, 0.25) is 11.8 Å². The smallest absolute Gasteiger partial charge is 0.234 e. The number of benzene rings is 1. The van der Waals surface area contributed by atoms with Gasteiger partial charge in [-0.15, -0.1) is 0 Å².